The first-order chi connectivity index (χ1) is 33.5. The van der Waals surface area contributed by atoms with Gasteiger partial charge in [0, 0.05) is 81.7 Å². The maximum Gasteiger partial charge on any atom is 0.307 e. The minimum atomic E-state index is -0.554. The zero-order valence-electron chi connectivity index (χ0n) is 42.1. The molecule has 3 aliphatic rings. The molecule has 3 saturated heterocycles. The number of rotatable bonds is 23. The van der Waals surface area contributed by atoms with E-state index in [-0.39, 0.29) is 55.1 Å². The van der Waals surface area contributed by atoms with Crippen molar-refractivity contribution in [3.63, 3.8) is 0 Å². The van der Waals surface area contributed by atoms with Crippen molar-refractivity contribution in [2.45, 2.75) is 162 Å². The quantitative estimate of drug-likeness (QED) is 0.0525. The van der Waals surface area contributed by atoms with Crippen LogP contribution in [0.3, 0.4) is 0 Å². The molecule has 2 aromatic heterocycles. The van der Waals surface area contributed by atoms with Crippen LogP contribution in [-0.4, -0.2) is 123 Å². The van der Waals surface area contributed by atoms with Gasteiger partial charge in [0.05, 0.1) is 17.0 Å². The SMILES string of the molecule is CCCCCCCC(=O)OCn1cc2cc(C[C@@H](CC(=O)N3CCC(c4cc5ccccc5n(COC(=O)CCCCCCC)c4=O)CC3)C(=O)N3CCN(C4CCN(C)CC4)CC3)cc(C)c2n1. The van der Waals surface area contributed by atoms with Crippen molar-refractivity contribution in [3.8, 4) is 0 Å². The summed E-state index contributed by atoms with van der Waals surface area (Å²) in [6, 6.07) is 14.3. The average Bonchev–Trinajstić information content (AvgIpc) is 3.79. The smallest absolute Gasteiger partial charge is 0.307 e. The zero-order chi connectivity index (χ0) is 48.7. The minimum absolute atomic E-state index is 0.0187. The van der Waals surface area contributed by atoms with Crippen LogP contribution >= 0.6 is 0 Å². The van der Waals surface area contributed by atoms with E-state index in [4.69, 9.17) is 14.6 Å². The van der Waals surface area contributed by atoms with Crippen molar-refractivity contribution >= 4 is 45.6 Å². The number of pyridine rings is 1. The Morgan fingerprint density at radius 3 is 2.01 bits per heavy atom. The first-order valence-corrected chi connectivity index (χ1v) is 26.4. The van der Waals surface area contributed by atoms with Gasteiger partial charge >= 0.3 is 11.9 Å². The number of hydrogen-bond acceptors (Lipinski definition) is 10. The molecule has 0 aliphatic carbocycles. The summed E-state index contributed by atoms with van der Waals surface area (Å²) in [5.74, 6) is -1.17. The number of carbonyl (C=O) groups excluding carboxylic acids is 4. The second kappa shape index (κ2) is 25.7. The first-order valence-electron chi connectivity index (χ1n) is 26.4. The van der Waals surface area contributed by atoms with Gasteiger partial charge in [-0.1, -0.05) is 89.5 Å². The normalized spacial score (nSPS) is 17.2. The molecule has 0 N–H and O–H groups in total. The van der Waals surface area contributed by atoms with Crippen LogP contribution in [0.15, 0.2) is 53.5 Å². The van der Waals surface area contributed by atoms with E-state index in [9.17, 15) is 24.0 Å². The number of para-hydroxylation sites is 1. The van der Waals surface area contributed by atoms with Gasteiger partial charge in [-0.05, 0) is 113 Å². The van der Waals surface area contributed by atoms with Gasteiger partial charge in [-0.15, -0.1) is 0 Å². The van der Waals surface area contributed by atoms with Gasteiger partial charge in [0.25, 0.3) is 5.56 Å². The Hall–Kier alpha value is -5.08. The summed E-state index contributed by atoms with van der Waals surface area (Å²) in [5, 5.41) is 6.54. The predicted molar refractivity (Wildman–Crippen MR) is 271 cm³/mol. The zero-order valence-corrected chi connectivity index (χ0v) is 42.1. The van der Waals surface area contributed by atoms with Crippen molar-refractivity contribution in [2.24, 2.45) is 5.92 Å². The summed E-state index contributed by atoms with van der Waals surface area (Å²) in [6.07, 6.45) is 17.1. The molecule has 0 unspecified atom stereocenters. The van der Waals surface area contributed by atoms with E-state index < -0.39 is 5.92 Å². The molecule has 0 bridgehead atoms. The van der Waals surface area contributed by atoms with Crippen LogP contribution in [0.4, 0.5) is 0 Å². The number of nitrogens with zero attached hydrogens (tertiary/aromatic N) is 7. The predicted octanol–water partition coefficient (Wildman–Crippen LogP) is 8.58. The lowest BCUT2D eigenvalue weighted by Gasteiger charge is -2.43. The van der Waals surface area contributed by atoms with Crippen LogP contribution in [0.2, 0.25) is 0 Å². The number of unbranched alkanes of at least 4 members (excludes halogenated alkanes) is 8. The second-order valence-corrected chi connectivity index (χ2v) is 20.2. The maximum absolute atomic E-state index is 14.7. The lowest BCUT2D eigenvalue weighted by molar-refractivity contribution is -0.148. The average molecular weight is 950 g/mol. The third-order valence-electron chi connectivity index (χ3n) is 15.0. The lowest BCUT2D eigenvalue weighted by Crippen LogP contribution is -2.55. The largest absolute Gasteiger partial charge is 0.444 e. The number of amides is 2. The highest BCUT2D eigenvalue weighted by atomic mass is 16.5. The number of piperazine rings is 1. The van der Waals surface area contributed by atoms with E-state index in [0.717, 1.165) is 130 Å². The van der Waals surface area contributed by atoms with Crippen molar-refractivity contribution in [1.82, 2.24) is 33.9 Å². The summed E-state index contributed by atoms with van der Waals surface area (Å²) >= 11 is 0. The van der Waals surface area contributed by atoms with E-state index in [1.807, 2.05) is 53.3 Å². The fraction of sp³-hybridized carbons (Fsp3) is 0.636. The number of ether oxygens (including phenoxy) is 2. The van der Waals surface area contributed by atoms with Gasteiger partial charge in [-0.25, -0.2) is 4.68 Å². The molecule has 0 spiro atoms. The first kappa shape index (κ1) is 51.8. The third kappa shape index (κ3) is 14.3. The Balaban J connectivity index is 1.01. The van der Waals surface area contributed by atoms with Crippen LogP contribution in [-0.2, 0) is 48.5 Å². The Labute approximate surface area is 409 Å². The number of fused-ring (bicyclic) bond motifs is 2. The fourth-order valence-electron chi connectivity index (χ4n) is 10.8. The van der Waals surface area contributed by atoms with E-state index in [0.29, 0.717) is 69.9 Å². The van der Waals surface area contributed by atoms with Gasteiger partial charge in [-0.3, -0.25) is 33.4 Å². The summed E-state index contributed by atoms with van der Waals surface area (Å²) < 4.78 is 14.5. The standard InChI is InChI=1S/C55H79N7O7/c1-5-7-9-11-13-19-51(64)68-39-61-38-46-35-42(33-41(3)53(46)56-61)34-45(54(66)60-31-29-58(30-32-60)47-23-25-57(4)26-24-47)37-50(63)59-27-21-43(22-28-59)48-36-44-17-15-16-18-49(44)62(55(48)67)40-69-52(65)20-14-12-10-8-6-2/h15-18,33,35-36,38,43,45,47H,5-14,19-32,34,37,39-40H2,1-4H3/t45-/m0/s1. The van der Waals surface area contributed by atoms with Gasteiger partial charge in [0.2, 0.25) is 11.8 Å². The highest BCUT2D eigenvalue weighted by Gasteiger charge is 2.34. The van der Waals surface area contributed by atoms with Gasteiger partial charge in [0.1, 0.15) is 0 Å². The van der Waals surface area contributed by atoms with E-state index >= 15 is 0 Å². The number of hydrogen-bond donors (Lipinski definition) is 0. The number of carbonyl (C=O) groups is 4. The number of piperidine rings is 2. The minimum Gasteiger partial charge on any atom is -0.444 e. The summed E-state index contributed by atoms with van der Waals surface area (Å²) in [5.41, 5.74) is 3.97. The van der Waals surface area contributed by atoms with E-state index in [2.05, 4.69) is 42.8 Å². The number of aryl methyl sites for hydroxylation is 1. The number of benzene rings is 2. The third-order valence-corrected chi connectivity index (χ3v) is 15.0. The molecule has 7 rings (SSSR count). The summed E-state index contributed by atoms with van der Waals surface area (Å²) in [7, 11) is 2.18. The molecule has 3 aliphatic heterocycles. The molecule has 5 heterocycles. The molecule has 3 fully saturated rings. The monoisotopic (exact) mass is 950 g/mol. The van der Waals surface area contributed by atoms with Crippen LogP contribution in [0, 0.1) is 12.8 Å². The Bertz CT molecular complexity index is 2390. The van der Waals surface area contributed by atoms with Crippen molar-refractivity contribution in [2.75, 3.05) is 59.4 Å². The van der Waals surface area contributed by atoms with Gasteiger partial charge in [-0.2, -0.15) is 5.10 Å². The number of esters is 2. The highest BCUT2D eigenvalue weighted by Crippen LogP contribution is 2.31. The Morgan fingerprint density at radius 1 is 0.710 bits per heavy atom. The Morgan fingerprint density at radius 2 is 1.35 bits per heavy atom. The van der Waals surface area contributed by atoms with Gasteiger partial charge < -0.3 is 24.2 Å². The summed E-state index contributed by atoms with van der Waals surface area (Å²) in [4.78, 5) is 77.2. The molecular formula is C55H79N7O7. The van der Waals surface area contributed by atoms with Gasteiger partial charge in [0.15, 0.2) is 13.5 Å². The molecule has 14 nitrogen and oxygen atoms in total. The lowest BCUT2D eigenvalue weighted by atomic mass is 9.88. The molecule has 1 atom stereocenters. The maximum atomic E-state index is 14.7. The Kier molecular flexibility index (Phi) is 19.3. The number of aromatic nitrogens is 3. The number of likely N-dealkylation sites (tertiary alicyclic amines) is 2. The molecule has 376 valence electrons. The highest BCUT2D eigenvalue weighted by molar-refractivity contribution is 5.87. The topological polar surface area (TPSA) is 140 Å². The van der Waals surface area contributed by atoms with E-state index in [1.54, 1.807) is 9.25 Å². The molecule has 0 saturated carbocycles. The van der Waals surface area contributed by atoms with Crippen molar-refractivity contribution in [3.05, 3.63) is 75.7 Å². The van der Waals surface area contributed by atoms with Crippen LogP contribution in [0.25, 0.3) is 21.8 Å². The van der Waals surface area contributed by atoms with Crippen molar-refractivity contribution in [1.29, 1.82) is 0 Å². The second-order valence-electron chi connectivity index (χ2n) is 20.2. The molecule has 4 aromatic rings. The molecule has 0 radical (unpaired) electrons. The van der Waals surface area contributed by atoms with Crippen molar-refractivity contribution < 1.29 is 28.7 Å². The fourth-order valence-corrected chi connectivity index (χ4v) is 10.8. The molecule has 2 amide bonds. The van der Waals surface area contributed by atoms with Crippen LogP contribution in [0.5, 0.6) is 0 Å². The molecule has 2 aromatic carbocycles. The van der Waals surface area contributed by atoms with Crippen LogP contribution < -0.4 is 5.56 Å². The summed E-state index contributed by atoms with van der Waals surface area (Å²) in [6.45, 7) is 12.3. The molecule has 69 heavy (non-hydrogen) atoms. The van der Waals surface area contributed by atoms with Crippen LogP contribution in [0.1, 0.15) is 146 Å². The molecule has 14 heteroatoms. The van der Waals surface area contributed by atoms with E-state index in [1.165, 1.54) is 6.42 Å². The molecular weight excluding hydrogens is 871 g/mol.